The normalized spacial score (nSPS) is 9.74. The fourth-order valence-corrected chi connectivity index (χ4v) is 1.60. The molecule has 0 fully saturated rings. The topological polar surface area (TPSA) is 81.2 Å². The average Bonchev–Trinajstić information content (AvgIpc) is 2.41. The van der Waals surface area contributed by atoms with Crippen LogP contribution in [0.4, 0.5) is 5.69 Å². The minimum Gasteiger partial charge on any atom is -0.497 e. The summed E-state index contributed by atoms with van der Waals surface area (Å²) in [6.45, 7) is 1.82. The number of aromatic nitrogens is 1. The number of aryl methyl sites for hydroxylation is 1. The van der Waals surface area contributed by atoms with Gasteiger partial charge in [-0.3, -0.25) is 0 Å². The molecular formula is C14H13N3O2. The number of hydrogen-bond donors (Lipinski definition) is 1. The predicted octanol–water partition coefficient (Wildman–Crippen LogP) is 2.64. The zero-order valence-corrected chi connectivity index (χ0v) is 10.7. The monoisotopic (exact) mass is 255 g/mol. The highest BCUT2D eigenvalue weighted by molar-refractivity contribution is 5.58. The lowest BCUT2D eigenvalue weighted by Gasteiger charge is -2.10. The minimum absolute atomic E-state index is 0.249. The molecule has 0 spiro atoms. The van der Waals surface area contributed by atoms with Crippen LogP contribution in [0.15, 0.2) is 30.5 Å². The van der Waals surface area contributed by atoms with Gasteiger partial charge in [0.05, 0.1) is 12.8 Å². The van der Waals surface area contributed by atoms with Crippen LogP contribution in [-0.2, 0) is 0 Å². The molecule has 0 aliphatic heterocycles. The van der Waals surface area contributed by atoms with Crippen LogP contribution >= 0.6 is 0 Å². The van der Waals surface area contributed by atoms with Crippen LogP contribution in [0.3, 0.4) is 0 Å². The van der Waals surface area contributed by atoms with Gasteiger partial charge in [0, 0.05) is 12.3 Å². The van der Waals surface area contributed by atoms with E-state index >= 15 is 0 Å². The lowest BCUT2D eigenvalue weighted by Crippen LogP contribution is -1.97. The van der Waals surface area contributed by atoms with Gasteiger partial charge in [0.15, 0.2) is 5.75 Å². The summed E-state index contributed by atoms with van der Waals surface area (Å²) in [5, 5.41) is 9.11. The maximum Gasteiger partial charge on any atom is 0.237 e. The zero-order chi connectivity index (χ0) is 13.8. The number of pyridine rings is 1. The predicted molar refractivity (Wildman–Crippen MR) is 71.2 cm³/mol. The van der Waals surface area contributed by atoms with Crippen LogP contribution in [0.25, 0.3) is 0 Å². The number of nitrogen functional groups attached to an aromatic ring is 1. The van der Waals surface area contributed by atoms with Gasteiger partial charge in [-0.15, -0.1) is 0 Å². The number of nitrogens with two attached hydrogens (primary N) is 1. The molecule has 2 N–H and O–H groups in total. The highest BCUT2D eigenvalue weighted by Crippen LogP contribution is 2.31. The van der Waals surface area contributed by atoms with Crippen molar-refractivity contribution in [2.45, 2.75) is 6.92 Å². The molecule has 0 aliphatic rings. The Bertz CT molecular complexity index is 648. The van der Waals surface area contributed by atoms with Gasteiger partial charge in [0.2, 0.25) is 5.88 Å². The van der Waals surface area contributed by atoms with Gasteiger partial charge < -0.3 is 15.2 Å². The molecule has 1 heterocycles. The van der Waals surface area contributed by atoms with Crippen molar-refractivity contribution >= 4 is 5.69 Å². The first-order valence-corrected chi connectivity index (χ1v) is 5.62. The summed E-state index contributed by atoms with van der Waals surface area (Å²) in [6.07, 6.45) is 1.59. The Morgan fingerprint density at radius 3 is 2.74 bits per heavy atom. The van der Waals surface area contributed by atoms with E-state index in [1.165, 1.54) is 0 Å². The summed E-state index contributed by atoms with van der Waals surface area (Å²) in [4.78, 5) is 4.06. The van der Waals surface area contributed by atoms with Gasteiger partial charge in [-0.25, -0.2) is 4.98 Å². The van der Waals surface area contributed by atoms with E-state index in [2.05, 4.69) is 11.1 Å². The molecule has 5 heteroatoms. The molecule has 0 atom stereocenters. The van der Waals surface area contributed by atoms with E-state index in [-0.39, 0.29) is 5.88 Å². The summed E-state index contributed by atoms with van der Waals surface area (Å²) in [5.41, 5.74) is 7.49. The summed E-state index contributed by atoms with van der Waals surface area (Å²) >= 11 is 0. The standard InChI is InChI=1S/C14H13N3O2/c1-9-5-6-17-14(11(9)8-15)19-13-4-3-10(18-2)7-12(13)16/h3-7H,16H2,1-2H3. The van der Waals surface area contributed by atoms with E-state index in [0.29, 0.717) is 22.7 Å². The van der Waals surface area contributed by atoms with E-state index < -0.39 is 0 Å². The van der Waals surface area contributed by atoms with Crippen molar-refractivity contribution in [3.8, 4) is 23.4 Å². The Morgan fingerprint density at radius 2 is 2.11 bits per heavy atom. The molecule has 96 valence electrons. The largest absolute Gasteiger partial charge is 0.497 e. The average molecular weight is 255 g/mol. The summed E-state index contributed by atoms with van der Waals surface area (Å²) in [6, 6.07) is 8.89. The number of hydrogen-bond acceptors (Lipinski definition) is 5. The minimum atomic E-state index is 0.249. The van der Waals surface area contributed by atoms with Crippen molar-refractivity contribution in [2.24, 2.45) is 0 Å². The summed E-state index contributed by atoms with van der Waals surface area (Å²) < 4.78 is 10.7. The molecule has 1 aromatic heterocycles. The van der Waals surface area contributed by atoms with E-state index in [0.717, 1.165) is 5.56 Å². The maximum absolute atomic E-state index is 9.11. The number of nitrogens with zero attached hydrogens (tertiary/aromatic N) is 2. The molecule has 0 unspecified atom stereocenters. The Labute approximate surface area is 111 Å². The van der Waals surface area contributed by atoms with Gasteiger partial charge in [0.25, 0.3) is 0 Å². The van der Waals surface area contributed by atoms with Crippen molar-refractivity contribution in [3.63, 3.8) is 0 Å². The quantitative estimate of drug-likeness (QED) is 0.852. The second-order valence-electron chi connectivity index (χ2n) is 3.93. The molecule has 1 aromatic carbocycles. The van der Waals surface area contributed by atoms with Gasteiger partial charge in [-0.05, 0) is 30.7 Å². The van der Waals surface area contributed by atoms with Gasteiger partial charge in [0.1, 0.15) is 17.4 Å². The van der Waals surface area contributed by atoms with Gasteiger partial charge in [-0.1, -0.05) is 0 Å². The molecule has 5 nitrogen and oxygen atoms in total. The second-order valence-corrected chi connectivity index (χ2v) is 3.93. The number of methoxy groups -OCH3 is 1. The number of benzene rings is 1. The SMILES string of the molecule is COc1ccc(Oc2nccc(C)c2C#N)c(N)c1. The molecule has 0 saturated heterocycles. The van der Waals surface area contributed by atoms with Crippen LogP contribution in [0.1, 0.15) is 11.1 Å². The maximum atomic E-state index is 9.11. The van der Waals surface area contributed by atoms with E-state index in [4.69, 9.17) is 20.5 Å². The van der Waals surface area contributed by atoms with Crippen LogP contribution < -0.4 is 15.2 Å². The number of rotatable bonds is 3. The Kier molecular flexibility index (Phi) is 3.53. The molecule has 0 aliphatic carbocycles. The fraction of sp³-hybridized carbons (Fsp3) is 0.143. The zero-order valence-electron chi connectivity index (χ0n) is 10.7. The number of anilines is 1. The smallest absolute Gasteiger partial charge is 0.237 e. The van der Waals surface area contributed by atoms with Gasteiger partial charge >= 0.3 is 0 Å². The van der Waals surface area contributed by atoms with Crippen molar-refractivity contribution in [1.82, 2.24) is 4.98 Å². The van der Waals surface area contributed by atoms with Crippen molar-refractivity contribution in [2.75, 3.05) is 12.8 Å². The first kappa shape index (κ1) is 12.7. The Balaban J connectivity index is 2.37. The van der Waals surface area contributed by atoms with Crippen LogP contribution in [0.5, 0.6) is 17.4 Å². The lowest BCUT2D eigenvalue weighted by molar-refractivity contribution is 0.412. The highest BCUT2D eigenvalue weighted by atomic mass is 16.5. The summed E-state index contributed by atoms with van der Waals surface area (Å²) in [7, 11) is 1.56. The molecule has 2 rings (SSSR count). The van der Waals surface area contributed by atoms with E-state index in [1.54, 1.807) is 37.6 Å². The van der Waals surface area contributed by atoms with E-state index in [9.17, 15) is 0 Å². The van der Waals surface area contributed by atoms with Crippen molar-refractivity contribution in [3.05, 3.63) is 41.6 Å². The second kappa shape index (κ2) is 5.27. The first-order chi connectivity index (χ1) is 9.15. The third-order valence-corrected chi connectivity index (χ3v) is 2.66. The Hall–Kier alpha value is -2.74. The molecule has 19 heavy (non-hydrogen) atoms. The molecule has 0 amide bonds. The Morgan fingerprint density at radius 1 is 1.32 bits per heavy atom. The van der Waals surface area contributed by atoms with Crippen molar-refractivity contribution in [1.29, 1.82) is 5.26 Å². The highest BCUT2D eigenvalue weighted by Gasteiger charge is 2.11. The third-order valence-electron chi connectivity index (χ3n) is 2.66. The number of nitriles is 1. The van der Waals surface area contributed by atoms with E-state index in [1.807, 2.05) is 6.92 Å². The lowest BCUT2D eigenvalue weighted by atomic mass is 10.2. The molecule has 2 aromatic rings. The summed E-state index contributed by atoms with van der Waals surface area (Å²) in [5.74, 6) is 1.33. The number of ether oxygens (including phenoxy) is 2. The van der Waals surface area contributed by atoms with Gasteiger partial charge in [-0.2, -0.15) is 5.26 Å². The van der Waals surface area contributed by atoms with Crippen LogP contribution in [-0.4, -0.2) is 12.1 Å². The molecule has 0 saturated carbocycles. The fourth-order valence-electron chi connectivity index (χ4n) is 1.60. The van der Waals surface area contributed by atoms with Crippen LogP contribution in [0, 0.1) is 18.3 Å². The molecule has 0 bridgehead atoms. The molecular weight excluding hydrogens is 242 g/mol. The molecule has 0 radical (unpaired) electrons. The first-order valence-electron chi connectivity index (χ1n) is 5.62. The van der Waals surface area contributed by atoms with Crippen molar-refractivity contribution < 1.29 is 9.47 Å². The third kappa shape index (κ3) is 2.58. The van der Waals surface area contributed by atoms with Crippen LogP contribution in [0.2, 0.25) is 0 Å².